The first-order chi connectivity index (χ1) is 11.3. The van der Waals surface area contributed by atoms with Gasteiger partial charge in [-0.15, -0.1) is 37.2 Å². The van der Waals surface area contributed by atoms with Crippen LogP contribution in [0.15, 0.2) is 48.0 Å². The molecule has 0 saturated carbocycles. The average Bonchev–Trinajstić information content (AvgIpc) is 3.08. The van der Waals surface area contributed by atoms with Gasteiger partial charge in [0.05, 0.1) is 12.0 Å². The number of hydrogen-bond acceptors (Lipinski definition) is 5. The lowest BCUT2D eigenvalue weighted by atomic mass is 10.1. The number of H-pyrrole nitrogens is 2. The van der Waals surface area contributed by atoms with Gasteiger partial charge >= 0.3 is 0 Å². The molecule has 0 fully saturated rings. The lowest BCUT2D eigenvalue weighted by molar-refractivity contribution is 0.831. The Kier molecular flexibility index (Phi) is 11.3. The maximum atomic E-state index is 12.1. The van der Waals surface area contributed by atoms with Crippen LogP contribution in [0.1, 0.15) is 23.2 Å². The molecule has 3 rings (SSSR count). The van der Waals surface area contributed by atoms with Gasteiger partial charge in [0.15, 0.2) is 0 Å². The Hall–Kier alpha value is -2.09. The number of aromatic amines is 2. The highest BCUT2D eigenvalue weighted by Gasteiger charge is 2.04. The van der Waals surface area contributed by atoms with Gasteiger partial charge in [0, 0.05) is 43.3 Å². The molecule has 0 amide bonds. The third-order valence-corrected chi connectivity index (χ3v) is 3.45. The molecule has 0 aliphatic rings. The van der Waals surface area contributed by atoms with Gasteiger partial charge in [-0.3, -0.25) is 14.8 Å². The summed E-state index contributed by atoms with van der Waals surface area (Å²) in [6.07, 6.45) is 10.9. The van der Waals surface area contributed by atoms with Crippen LogP contribution < -0.4 is 10.9 Å². The number of hydrogen-bond donors (Lipinski definition) is 3. The zero-order valence-electron chi connectivity index (χ0n) is 13.8. The first kappa shape index (κ1) is 23.9. The van der Waals surface area contributed by atoms with E-state index in [4.69, 9.17) is 0 Å². The summed E-state index contributed by atoms with van der Waals surface area (Å²) in [5.41, 5.74) is 2.51. The van der Waals surface area contributed by atoms with Crippen LogP contribution in [0.3, 0.4) is 0 Å². The molecule has 0 aromatic carbocycles. The Labute approximate surface area is 169 Å². The van der Waals surface area contributed by atoms with Crippen molar-refractivity contribution in [3.63, 3.8) is 0 Å². The lowest BCUT2D eigenvalue weighted by Gasteiger charge is -2.06. The van der Waals surface area contributed by atoms with Gasteiger partial charge in [0.25, 0.3) is 5.56 Å². The lowest BCUT2D eigenvalue weighted by Crippen LogP contribution is -2.17. The first-order valence-corrected chi connectivity index (χ1v) is 7.50. The summed E-state index contributed by atoms with van der Waals surface area (Å²) >= 11 is 0. The molecular weight excluding hydrogens is 399 g/mol. The standard InChI is InChI=1S/C16H18N6O.3ClH/c23-15-13(7-12-3-1-5-17-8-12)9-20-16(22-15)19-6-2-4-14-10-18-11-21-14;;;/h1,3,5,8-11H,2,4,6-7H2,(H,18,21)(H2,19,20,22,23);3*1H. The SMILES string of the molecule is Cl.Cl.Cl.O=c1[nH]c(NCCCc2c[nH]cn2)ncc1Cc1cccnc1. The Morgan fingerprint density at radius 3 is 2.62 bits per heavy atom. The summed E-state index contributed by atoms with van der Waals surface area (Å²) in [5, 5.41) is 3.12. The van der Waals surface area contributed by atoms with Crippen LogP contribution in [0.4, 0.5) is 5.95 Å². The van der Waals surface area contributed by atoms with Crippen molar-refractivity contribution < 1.29 is 0 Å². The van der Waals surface area contributed by atoms with Gasteiger partial charge in [-0.05, 0) is 24.5 Å². The monoisotopic (exact) mass is 418 g/mol. The third kappa shape index (κ3) is 7.03. The van der Waals surface area contributed by atoms with Crippen LogP contribution in [-0.2, 0) is 12.8 Å². The van der Waals surface area contributed by atoms with Crippen molar-refractivity contribution in [3.05, 3.63) is 70.4 Å². The second-order valence-corrected chi connectivity index (χ2v) is 5.22. The predicted molar refractivity (Wildman–Crippen MR) is 109 cm³/mol. The number of imidazole rings is 1. The smallest absolute Gasteiger partial charge is 0.255 e. The summed E-state index contributed by atoms with van der Waals surface area (Å²) in [6, 6.07) is 3.79. The van der Waals surface area contributed by atoms with Crippen LogP contribution in [0, 0.1) is 0 Å². The highest BCUT2D eigenvalue weighted by Crippen LogP contribution is 2.04. The summed E-state index contributed by atoms with van der Waals surface area (Å²) < 4.78 is 0. The average molecular weight is 420 g/mol. The molecule has 0 radical (unpaired) electrons. The second-order valence-electron chi connectivity index (χ2n) is 5.22. The second kappa shape index (κ2) is 12.3. The number of rotatable bonds is 7. The highest BCUT2D eigenvalue weighted by molar-refractivity contribution is 5.86. The number of aryl methyl sites for hydroxylation is 1. The minimum Gasteiger partial charge on any atom is -0.356 e. The molecule has 3 N–H and O–H groups in total. The fourth-order valence-electron chi connectivity index (χ4n) is 2.26. The van der Waals surface area contributed by atoms with E-state index >= 15 is 0 Å². The number of anilines is 1. The van der Waals surface area contributed by atoms with Crippen LogP contribution in [0.25, 0.3) is 0 Å². The zero-order chi connectivity index (χ0) is 15.9. The van der Waals surface area contributed by atoms with Crippen LogP contribution >= 0.6 is 37.2 Å². The minimum absolute atomic E-state index is 0. The normalized spacial score (nSPS) is 9.38. The fraction of sp³-hybridized carbons (Fsp3) is 0.250. The quantitative estimate of drug-likeness (QED) is 0.511. The Morgan fingerprint density at radius 2 is 1.96 bits per heavy atom. The largest absolute Gasteiger partial charge is 0.356 e. The highest BCUT2D eigenvalue weighted by atomic mass is 35.5. The topological polar surface area (TPSA) is 99.3 Å². The van der Waals surface area contributed by atoms with E-state index in [1.54, 1.807) is 24.9 Å². The molecule has 26 heavy (non-hydrogen) atoms. The molecule has 0 atom stereocenters. The molecule has 0 bridgehead atoms. The molecule has 142 valence electrons. The van der Waals surface area contributed by atoms with Gasteiger partial charge in [-0.25, -0.2) is 9.97 Å². The number of nitrogens with one attached hydrogen (secondary N) is 3. The number of aromatic nitrogens is 5. The fourth-order valence-corrected chi connectivity index (χ4v) is 2.26. The maximum Gasteiger partial charge on any atom is 0.255 e. The maximum absolute atomic E-state index is 12.1. The van der Waals surface area contributed by atoms with E-state index in [9.17, 15) is 4.79 Å². The first-order valence-electron chi connectivity index (χ1n) is 7.50. The van der Waals surface area contributed by atoms with Gasteiger partial charge in [-0.1, -0.05) is 6.07 Å². The zero-order valence-corrected chi connectivity index (χ0v) is 16.3. The Morgan fingerprint density at radius 1 is 1.12 bits per heavy atom. The van der Waals surface area contributed by atoms with E-state index < -0.39 is 0 Å². The van der Waals surface area contributed by atoms with Crippen molar-refractivity contribution in [3.8, 4) is 0 Å². The molecule has 0 unspecified atom stereocenters. The van der Waals surface area contributed by atoms with Crippen molar-refractivity contribution in [2.75, 3.05) is 11.9 Å². The summed E-state index contributed by atoms with van der Waals surface area (Å²) in [5.74, 6) is 0.493. The van der Waals surface area contributed by atoms with E-state index in [1.807, 2.05) is 18.3 Å². The molecular formula is C16H21Cl3N6O. The minimum atomic E-state index is -0.126. The molecule has 0 aliphatic carbocycles. The molecule has 3 heterocycles. The number of halogens is 3. The van der Waals surface area contributed by atoms with E-state index in [0.717, 1.165) is 30.6 Å². The predicted octanol–water partition coefficient (Wildman–Crippen LogP) is 2.79. The van der Waals surface area contributed by atoms with Gasteiger partial charge in [-0.2, -0.15) is 0 Å². The van der Waals surface area contributed by atoms with E-state index in [1.165, 1.54) is 0 Å². The van der Waals surface area contributed by atoms with Crippen molar-refractivity contribution in [2.24, 2.45) is 0 Å². The van der Waals surface area contributed by atoms with Gasteiger partial charge in [0.1, 0.15) is 0 Å². The van der Waals surface area contributed by atoms with Crippen molar-refractivity contribution >= 4 is 43.2 Å². The van der Waals surface area contributed by atoms with Crippen molar-refractivity contribution in [2.45, 2.75) is 19.3 Å². The Balaban J connectivity index is 0.00000208. The van der Waals surface area contributed by atoms with E-state index in [-0.39, 0.29) is 42.8 Å². The van der Waals surface area contributed by atoms with Crippen LogP contribution in [0.5, 0.6) is 0 Å². The summed E-state index contributed by atoms with van der Waals surface area (Å²) in [4.78, 5) is 30.3. The van der Waals surface area contributed by atoms with Crippen molar-refractivity contribution in [1.29, 1.82) is 0 Å². The van der Waals surface area contributed by atoms with E-state index in [2.05, 4.69) is 30.2 Å². The van der Waals surface area contributed by atoms with Gasteiger partial charge < -0.3 is 10.3 Å². The van der Waals surface area contributed by atoms with Gasteiger partial charge in [0.2, 0.25) is 5.95 Å². The molecule has 3 aromatic heterocycles. The number of pyridine rings is 1. The molecule has 10 heteroatoms. The summed E-state index contributed by atoms with van der Waals surface area (Å²) in [7, 11) is 0. The third-order valence-electron chi connectivity index (χ3n) is 3.45. The molecule has 0 spiro atoms. The molecule has 3 aromatic rings. The molecule has 0 aliphatic heterocycles. The van der Waals surface area contributed by atoms with E-state index in [0.29, 0.717) is 17.9 Å². The van der Waals surface area contributed by atoms with Crippen LogP contribution in [-0.4, -0.2) is 31.5 Å². The Bertz CT molecular complexity index is 795. The van der Waals surface area contributed by atoms with Crippen LogP contribution in [0.2, 0.25) is 0 Å². The summed E-state index contributed by atoms with van der Waals surface area (Å²) in [6.45, 7) is 0.720. The molecule has 7 nitrogen and oxygen atoms in total. The van der Waals surface area contributed by atoms with Crippen molar-refractivity contribution in [1.82, 2.24) is 24.9 Å². The molecule has 0 saturated heterocycles. The number of nitrogens with zero attached hydrogens (tertiary/aromatic N) is 3.